The van der Waals surface area contributed by atoms with Gasteiger partial charge >= 0.3 is 0 Å². The zero-order chi connectivity index (χ0) is 35.8. The first kappa shape index (κ1) is 35.9. The molecule has 0 unspecified atom stereocenters. The molecule has 1 N–H and O–H groups in total. The van der Waals surface area contributed by atoms with Crippen LogP contribution in [0.25, 0.3) is 22.2 Å². The number of carbonyl (C=O) groups excluding carboxylic acids is 1. The van der Waals surface area contributed by atoms with E-state index < -0.39 is 5.54 Å². The molecule has 0 atom stereocenters. The van der Waals surface area contributed by atoms with Crippen molar-refractivity contribution in [2.75, 3.05) is 66.0 Å². The van der Waals surface area contributed by atoms with Crippen molar-refractivity contribution >= 4 is 46.1 Å². The molecule has 0 saturated carbocycles. The minimum Gasteiger partial charge on any atom is -0.495 e. The zero-order valence-electron chi connectivity index (χ0n) is 29.1. The van der Waals surface area contributed by atoms with Crippen LogP contribution in [0.1, 0.15) is 39.5 Å². The van der Waals surface area contributed by atoms with Crippen molar-refractivity contribution < 1.29 is 19.0 Å². The third kappa shape index (κ3) is 6.76. The number of anilines is 1. The van der Waals surface area contributed by atoms with Gasteiger partial charge in [0.15, 0.2) is 0 Å². The summed E-state index contributed by atoms with van der Waals surface area (Å²) < 4.78 is 18.0. The highest BCUT2D eigenvalue weighted by Crippen LogP contribution is 2.46. The maximum atomic E-state index is 14.2. The molecule has 5 heterocycles. The molecule has 14 heteroatoms. The Balaban J connectivity index is 1.15. The van der Waals surface area contributed by atoms with Gasteiger partial charge in [0, 0.05) is 73.9 Å². The average Bonchev–Trinajstić information content (AvgIpc) is 3.07. The third-order valence-corrected chi connectivity index (χ3v) is 11.1. The quantitative estimate of drug-likeness (QED) is 0.202. The number of aromatic nitrogens is 3. The summed E-state index contributed by atoms with van der Waals surface area (Å²) in [5.41, 5.74) is 0.848. The van der Waals surface area contributed by atoms with Crippen LogP contribution in [-0.2, 0) is 16.1 Å². The van der Waals surface area contributed by atoms with Gasteiger partial charge in [0.25, 0.3) is 11.5 Å². The number of pyridine rings is 1. The van der Waals surface area contributed by atoms with Crippen LogP contribution in [0.2, 0.25) is 10.0 Å². The summed E-state index contributed by atoms with van der Waals surface area (Å²) >= 11 is 13.5. The summed E-state index contributed by atoms with van der Waals surface area (Å²) in [7, 11) is 4.69. The van der Waals surface area contributed by atoms with Crippen LogP contribution >= 0.6 is 23.2 Å². The molecule has 3 saturated heterocycles. The Bertz CT molecular complexity index is 1890. The zero-order valence-corrected chi connectivity index (χ0v) is 30.7. The highest BCUT2D eigenvalue weighted by Gasteiger charge is 2.52. The first-order valence-corrected chi connectivity index (χ1v) is 17.6. The van der Waals surface area contributed by atoms with Crippen molar-refractivity contribution in [1.29, 1.82) is 5.26 Å². The number of likely N-dealkylation sites (tertiary alicyclic amines) is 2. The number of halogens is 2. The van der Waals surface area contributed by atoms with Gasteiger partial charge in [-0.15, -0.1) is 0 Å². The molecule has 6 rings (SSSR count). The van der Waals surface area contributed by atoms with E-state index in [4.69, 9.17) is 37.4 Å². The molecule has 12 nitrogen and oxygen atoms in total. The fourth-order valence-electron chi connectivity index (χ4n) is 7.25. The normalized spacial score (nSPS) is 18.0. The molecule has 3 aliphatic rings. The number of hydrogen-bond acceptors (Lipinski definition) is 10. The maximum absolute atomic E-state index is 14.2. The largest absolute Gasteiger partial charge is 0.495 e. The van der Waals surface area contributed by atoms with E-state index in [0.29, 0.717) is 66.0 Å². The number of piperidine rings is 1. The Labute approximate surface area is 301 Å². The molecule has 3 fully saturated rings. The van der Waals surface area contributed by atoms with E-state index in [1.54, 1.807) is 34.8 Å². The topological polar surface area (TPSA) is 135 Å². The van der Waals surface area contributed by atoms with Gasteiger partial charge in [-0.05, 0) is 57.6 Å². The number of rotatable bonds is 11. The Kier molecular flexibility index (Phi) is 10.3. The molecular weight excluding hydrogens is 681 g/mol. The second-order valence-electron chi connectivity index (χ2n) is 14.1. The van der Waals surface area contributed by atoms with Gasteiger partial charge < -0.3 is 24.4 Å². The van der Waals surface area contributed by atoms with Crippen LogP contribution in [0.15, 0.2) is 34.8 Å². The molecular formula is C36H43Cl2N7O5. The standard InChI is InChI=1S/C36H43Cl2N7O5/c1-35(2,44-18-36(19-44)20-50-21-36)15-24(16-39)32(46)43-11-8-22(9-12-43)7-6-10-45-31-23(17-41-34(40-3)42-31)13-25(33(45)47)28-29(37)26(48-4)14-27(49-5)30(28)38/h13-15,17,22H,6-12,18-21H2,1-5H3,(H,40,41,42). The molecule has 0 aliphatic carbocycles. The predicted octanol–water partition coefficient (Wildman–Crippen LogP) is 5.40. The maximum Gasteiger partial charge on any atom is 0.264 e. The van der Waals surface area contributed by atoms with Crippen LogP contribution < -0.4 is 20.3 Å². The van der Waals surface area contributed by atoms with E-state index >= 15 is 0 Å². The molecule has 3 aliphatic heterocycles. The number of aryl methyl sites for hydroxylation is 1. The number of methoxy groups -OCH3 is 2. The van der Waals surface area contributed by atoms with Gasteiger partial charge in [-0.25, -0.2) is 4.98 Å². The van der Waals surface area contributed by atoms with E-state index in [9.17, 15) is 14.9 Å². The molecule has 0 bridgehead atoms. The van der Waals surface area contributed by atoms with Crippen LogP contribution in [0, 0.1) is 22.7 Å². The molecule has 3 aromatic rings. The van der Waals surface area contributed by atoms with Crippen molar-refractivity contribution in [3.05, 3.63) is 50.4 Å². The second-order valence-corrected chi connectivity index (χ2v) is 14.8. The van der Waals surface area contributed by atoms with Crippen LogP contribution in [0.5, 0.6) is 11.5 Å². The van der Waals surface area contributed by atoms with E-state index in [1.807, 2.05) is 6.08 Å². The lowest BCUT2D eigenvalue weighted by molar-refractivity contribution is -0.204. The van der Waals surface area contributed by atoms with Crippen molar-refractivity contribution in [2.45, 2.75) is 51.6 Å². The first-order chi connectivity index (χ1) is 23.9. The van der Waals surface area contributed by atoms with Gasteiger partial charge in [0.05, 0.1) is 43.0 Å². The van der Waals surface area contributed by atoms with Crippen LogP contribution in [-0.4, -0.2) is 96.4 Å². The Morgan fingerprint density at radius 1 is 1.16 bits per heavy atom. The number of carbonyl (C=O) groups is 1. The first-order valence-electron chi connectivity index (χ1n) is 16.9. The molecule has 50 heavy (non-hydrogen) atoms. The highest BCUT2D eigenvalue weighted by molar-refractivity contribution is 6.41. The van der Waals surface area contributed by atoms with Gasteiger partial charge in [0.1, 0.15) is 28.8 Å². The number of ether oxygens (including phenoxy) is 3. The summed E-state index contributed by atoms with van der Waals surface area (Å²) in [6.45, 7) is 9.10. The third-order valence-electron chi connectivity index (χ3n) is 10.3. The summed E-state index contributed by atoms with van der Waals surface area (Å²) in [6.07, 6.45) is 6.69. The smallest absolute Gasteiger partial charge is 0.264 e. The van der Waals surface area contributed by atoms with Crippen LogP contribution in [0.4, 0.5) is 5.95 Å². The van der Waals surface area contributed by atoms with E-state index in [0.717, 1.165) is 45.6 Å². The van der Waals surface area contributed by atoms with E-state index in [-0.39, 0.29) is 38.1 Å². The molecule has 1 amide bonds. The predicted molar refractivity (Wildman–Crippen MR) is 193 cm³/mol. The number of benzene rings is 1. The highest BCUT2D eigenvalue weighted by atomic mass is 35.5. The monoisotopic (exact) mass is 723 g/mol. The van der Waals surface area contributed by atoms with Crippen molar-refractivity contribution in [3.8, 4) is 28.7 Å². The molecule has 0 radical (unpaired) electrons. The van der Waals surface area contributed by atoms with Crippen molar-refractivity contribution in [1.82, 2.24) is 24.3 Å². The Hall–Kier alpha value is -3.89. The number of nitriles is 1. The molecule has 266 valence electrons. The van der Waals surface area contributed by atoms with Crippen molar-refractivity contribution in [3.63, 3.8) is 0 Å². The van der Waals surface area contributed by atoms with E-state index in [2.05, 4.69) is 40.1 Å². The van der Waals surface area contributed by atoms with E-state index in [1.165, 1.54) is 14.2 Å². The minimum atomic E-state index is -0.395. The summed E-state index contributed by atoms with van der Waals surface area (Å²) in [4.78, 5) is 40.7. The molecule has 1 spiro atoms. The van der Waals surface area contributed by atoms with Crippen LogP contribution in [0.3, 0.4) is 0 Å². The lowest BCUT2D eigenvalue weighted by atomic mass is 9.75. The van der Waals surface area contributed by atoms with Gasteiger partial charge in [-0.1, -0.05) is 23.2 Å². The second kappa shape index (κ2) is 14.4. The SMILES string of the molecule is CNc1ncc2cc(-c3c(Cl)c(OC)cc(OC)c3Cl)c(=O)n(CCCC3CCN(C(=O)C(C#N)=CC(C)(C)N4CC5(COC5)C4)CC3)c2n1. The Morgan fingerprint density at radius 3 is 2.38 bits per heavy atom. The summed E-state index contributed by atoms with van der Waals surface area (Å²) in [6, 6.07) is 5.45. The fraction of sp³-hybridized carbons (Fsp3) is 0.528. The molecule has 1 aromatic carbocycles. The summed E-state index contributed by atoms with van der Waals surface area (Å²) in [5, 5.41) is 13.9. The number of nitrogens with one attached hydrogen (secondary N) is 1. The van der Waals surface area contributed by atoms with Crippen molar-refractivity contribution in [2.24, 2.45) is 11.3 Å². The molecule has 2 aromatic heterocycles. The van der Waals surface area contributed by atoms with Gasteiger partial charge in [0.2, 0.25) is 5.95 Å². The fourth-order valence-corrected chi connectivity index (χ4v) is 7.96. The van der Waals surface area contributed by atoms with Gasteiger partial charge in [-0.2, -0.15) is 10.2 Å². The number of hydrogen-bond donors (Lipinski definition) is 1. The number of amides is 1. The number of fused-ring (bicyclic) bond motifs is 1. The average molecular weight is 725 g/mol. The van der Waals surface area contributed by atoms with Gasteiger partial charge in [-0.3, -0.25) is 19.1 Å². The Morgan fingerprint density at radius 2 is 1.82 bits per heavy atom. The lowest BCUT2D eigenvalue weighted by Gasteiger charge is -2.59. The number of nitrogens with zero attached hydrogens (tertiary/aromatic N) is 6. The minimum absolute atomic E-state index is 0.196. The summed E-state index contributed by atoms with van der Waals surface area (Å²) in [5.74, 6) is 1.21. The lowest BCUT2D eigenvalue weighted by Crippen LogP contribution is -2.70.